The average molecular weight is 808 g/mol. The SMILES string of the molecule is NC(=O)C[C@H](NC(=O)c1cn[nH]c1-c1ccc(F)cc1F)c1ccc(-c2cc(F)c(-c3[nH]ncc3C(=O)N[C@@H](CC(N)=O)c3cccc(Cl)c3)cc2F)c(Cl)c1. The molecule has 0 saturated heterocycles. The van der Waals surface area contributed by atoms with Crippen molar-refractivity contribution < 1.29 is 36.7 Å². The number of primary amides is 2. The molecule has 0 radical (unpaired) electrons. The molecule has 56 heavy (non-hydrogen) atoms. The monoisotopic (exact) mass is 806 g/mol. The molecule has 4 amide bonds. The summed E-state index contributed by atoms with van der Waals surface area (Å²) < 4.78 is 59.7. The fourth-order valence-corrected chi connectivity index (χ4v) is 6.52. The Bertz CT molecular complexity index is 2510. The minimum absolute atomic E-state index is 0.0322. The maximum Gasteiger partial charge on any atom is 0.255 e. The van der Waals surface area contributed by atoms with Crippen LogP contribution < -0.4 is 22.1 Å². The van der Waals surface area contributed by atoms with E-state index < -0.39 is 65.4 Å². The van der Waals surface area contributed by atoms with Crippen LogP contribution in [0, 0.1) is 23.3 Å². The first-order valence-electron chi connectivity index (χ1n) is 16.4. The summed E-state index contributed by atoms with van der Waals surface area (Å²) in [5.41, 5.74) is 10.4. The Balaban J connectivity index is 1.25. The molecule has 2 aromatic heterocycles. The maximum absolute atomic E-state index is 15.8. The number of halogens is 6. The Labute approximate surface area is 324 Å². The standard InChI is InChI=1S/C38H28Cl2F4N8O4/c39-19-3-1-2-17(8-19)31(13-33(45)53)49-38(56)26-16-48-52-36(26)24-12-29(43)23(11-30(24)44)21-6-4-18(9-27(21)40)32(14-34(46)54)50-37(55)25-15-47-51-35(25)22-7-5-20(41)10-28(22)42/h1-12,15-16,31-32H,13-14H2,(H2,45,53)(H2,46,54)(H,47,51)(H,48,52)(H,49,56)(H,50,55)/t31-,32-/m0/s1. The van der Waals surface area contributed by atoms with Crippen LogP contribution in [0.25, 0.3) is 33.6 Å². The van der Waals surface area contributed by atoms with Crippen LogP contribution in [0.1, 0.15) is 56.8 Å². The van der Waals surface area contributed by atoms with Crippen LogP contribution in [-0.2, 0) is 9.59 Å². The molecule has 18 heteroatoms. The van der Waals surface area contributed by atoms with Crippen molar-refractivity contribution in [2.45, 2.75) is 24.9 Å². The number of nitrogens with two attached hydrogens (primary N) is 2. The molecule has 0 aliphatic heterocycles. The molecular weight excluding hydrogens is 779 g/mol. The summed E-state index contributed by atoms with van der Waals surface area (Å²) in [6, 6.07) is 13.0. The first-order valence-corrected chi connectivity index (χ1v) is 17.2. The maximum atomic E-state index is 15.8. The third-order valence-corrected chi connectivity index (χ3v) is 9.20. The van der Waals surface area contributed by atoms with Crippen molar-refractivity contribution in [1.29, 1.82) is 0 Å². The molecule has 0 fully saturated rings. The molecule has 6 rings (SSSR count). The number of rotatable bonds is 13. The normalized spacial score (nSPS) is 12.2. The number of aromatic amines is 2. The fraction of sp³-hybridized carbons (Fsp3) is 0.105. The van der Waals surface area contributed by atoms with Gasteiger partial charge < -0.3 is 22.1 Å². The van der Waals surface area contributed by atoms with Crippen LogP contribution in [0.2, 0.25) is 10.0 Å². The lowest BCUT2D eigenvalue weighted by atomic mass is 9.96. The van der Waals surface area contributed by atoms with Gasteiger partial charge in [0, 0.05) is 38.4 Å². The number of amides is 4. The van der Waals surface area contributed by atoms with E-state index in [2.05, 4.69) is 31.0 Å². The number of carbonyl (C=O) groups is 4. The lowest BCUT2D eigenvalue weighted by Crippen LogP contribution is -2.32. The number of H-pyrrole nitrogens is 2. The first-order chi connectivity index (χ1) is 26.7. The van der Waals surface area contributed by atoms with Gasteiger partial charge in [-0.25, -0.2) is 17.6 Å². The van der Waals surface area contributed by atoms with E-state index in [1.807, 2.05) is 0 Å². The summed E-state index contributed by atoms with van der Waals surface area (Å²) in [4.78, 5) is 50.6. The average Bonchev–Trinajstić information content (AvgIpc) is 3.83. The molecule has 0 bridgehead atoms. The van der Waals surface area contributed by atoms with Crippen LogP contribution >= 0.6 is 23.2 Å². The highest BCUT2D eigenvalue weighted by molar-refractivity contribution is 6.33. The number of carbonyl (C=O) groups excluding carboxylic acids is 4. The highest BCUT2D eigenvalue weighted by Crippen LogP contribution is 2.37. The molecule has 0 aliphatic rings. The van der Waals surface area contributed by atoms with Gasteiger partial charge in [-0.05, 0) is 53.6 Å². The third-order valence-electron chi connectivity index (χ3n) is 8.65. The second kappa shape index (κ2) is 16.5. The van der Waals surface area contributed by atoms with Crippen LogP contribution in [0.3, 0.4) is 0 Å². The van der Waals surface area contributed by atoms with Crippen molar-refractivity contribution in [3.63, 3.8) is 0 Å². The number of benzene rings is 4. The Morgan fingerprint density at radius 1 is 0.625 bits per heavy atom. The second-order valence-electron chi connectivity index (χ2n) is 12.4. The van der Waals surface area contributed by atoms with E-state index in [9.17, 15) is 28.0 Å². The van der Waals surface area contributed by atoms with Crippen LogP contribution in [-0.4, -0.2) is 44.0 Å². The van der Waals surface area contributed by atoms with Crippen LogP contribution in [0.15, 0.2) is 85.2 Å². The molecule has 12 nitrogen and oxygen atoms in total. The van der Waals surface area contributed by atoms with E-state index in [0.717, 1.165) is 36.7 Å². The van der Waals surface area contributed by atoms with E-state index in [1.54, 1.807) is 24.3 Å². The zero-order valence-electron chi connectivity index (χ0n) is 28.6. The lowest BCUT2D eigenvalue weighted by molar-refractivity contribution is -0.119. The summed E-state index contributed by atoms with van der Waals surface area (Å²) >= 11 is 12.7. The minimum atomic E-state index is -1.09. The Kier molecular flexibility index (Phi) is 11.5. The topological polar surface area (TPSA) is 202 Å². The highest BCUT2D eigenvalue weighted by atomic mass is 35.5. The minimum Gasteiger partial charge on any atom is -0.370 e. The van der Waals surface area contributed by atoms with Gasteiger partial charge in [0.25, 0.3) is 11.8 Å². The van der Waals surface area contributed by atoms with Crippen LogP contribution in [0.5, 0.6) is 0 Å². The number of aromatic nitrogens is 4. The zero-order valence-corrected chi connectivity index (χ0v) is 30.1. The molecule has 286 valence electrons. The summed E-state index contributed by atoms with van der Waals surface area (Å²) in [5, 5.41) is 18.2. The zero-order chi connectivity index (χ0) is 40.3. The Hall–Kier alpha value is -6.52. The summed E-state index contributed by atoms with van der Waals surface area (Å²) in [6.45, 7) is 0. The van der Waals surface area contributed by atoms with Crippen molar-refractivity contribution in [3.05, 3.63) is 141 Å². The van der Waals surface area contributed by atoms with Gasteiger partial charge in [0.2, 0.25) is 11.8 Å². The van der Waals surface area contributed by atoms with Gasteiger partial charge in [0.15, 0.2) is 0 Å². The van der Waals surface area contributed by atoms with Crippen molar-refractivity contribution in [2.24, 2.45) is 11.5 Å². The number of nitrogens with one attached hydrogen (secondary N) is 4. The third kappa shape index (κ3) is 8.56. The molecule has 0 aliphatic carbocycles. The molecule has 8 N–H and O–H groups in total. The summed E-state index contributed by atoms with van der Waals surface area (Å²) in [6.07, 6.45) is 1.53. The van der Waals surface area contributed by atoms with Gasteiger partial charge in [-0.1, -0.05) is 47.5 Å². The van der Waals surface area contributed by atoms with E-state index in [-0.39, 0.29) is 61.8 Å². The van der Waals surface area contributed by atoms with Gasteiger partial charge >= 0.3 is 0 Å². The molecule has 2 atom stereocenters. The predicted octanol–water partition coefficient (Wildman–Crippen LogP) is 6.69. The predicted molar refractivity (Wildman–Crippen MR) is 198 cm³/mol. The van der Waals surface area contributed by atoms with E-state index in [4.69, 9.17) is 34.7 Å². The molecule has 0 unspecified atom stereocenters. The Morgan fingerprint density at radius 2 is 1.14 bits per heavy atom. The Morgan fingerprint density at radius 3 is 1.70 bits per heavy atom. The van der Waals surface area contributed by atoms with Crippen molar-refractivity contribution in [2.75, 3.05) is 0 Å². The van der Waals surface area contributed by atoms with E-state index in [1.165, 1.54) is 18.2 Å². The van der Waals surface area contributed by atoms with Gasteiger partial charge in [0.05, 0.1) is 59.8 Å². The van der Waals surface area contributed by atoms with E-state index in [0.29, 0.717) is 16.7 Å². The van der Waals surface area contributed by atoms with Gasteiger partial charge in [-0.3, -0.25) is 29.4 Å². The first kappa shape index (κ1) is 39.2. The van der Waals surface area contributed by atoms with E-state index >= 15 is 8.78 Å². The highest BCUT2D eigenvalue weighted by Gasteiger charge is 2.27. The molecule has 6 aromatic rings. The van der Waals surface area contributed by atoms with Gasteiger partial charge in [0.1, 0.15) is 23.3 Å². The second-order valence-corrected chi connectivity index (χ2v) is 13.3. The number of nitrogens with zero attached hydrogens (tertiary/aromatic N) is 2. The van der Waals surface area contributed by atoms with Gasteiger partial charge in [-0.2, -0.15) is 10.2 Å². The largest absolute Gasteiger partial charge is 0.370 e. The number of hydrogen-bond donors (Lipinski definition) is 6. The summed E-state index contributed by atoms with van der Waals surface area (Å²) in [5.74, 6) is -6.77. The summed E-state index contributed by atoms with van der Waals surface area (Å²) in [7, 11) is 0. The molecule has 4 aromatic carbocycles. The smallest absolute Gasteiger partial charge is 0.255 e. The van der Waals surface area contributed by atoms with Crippen molar-refractivity contribution in [1.82, 2.24) is 31.0 Å². The lowest BCUT2D eigenvalue weighted by Gasteiger charge is -2.19. The van der Waals surface area contributed by atoms with Crippen molar-refractivity contribution >= 4 is 46.8 Å². The molecule has 0 saturated carbocycles. The molecule has 0 spiro atoms. The molecule has 2 heterocycles. The van der Waals surface area contributed by atoms with Crippen molar-refractivity contribution in [3.8, 4) is 33.6 Å². The van der Waals surface area contributed by atoms with Gasteiger partial charge in [-0.15, -0.1) is 0 Å². The molecular formula is C38H28Cl2F4N8O4. The van der Waals surface area contributed by atoms with Crippen LogP contribution in [0.4, 0.5) is 17.6 Å². The number of hydrogen-bond acceptors (Lipinski definition) is 6. The quantitative estimate of drug-likeness (QED) is 0.0702. The fourth-order valence-electron chi connectivity index (χ4n) is 6.03.